The molecule has 10 heteroatoms. The van der Waals surface area contributed by atoms with Crippen molar-refractivity contribution in [1.82, 2.24) is 14.5 Å². The molecule has 1 saturated heterocycles. The number of hydrogen-bond acceptors (Lipinski definition) is 4. The van der Waals surface area contributed by atoms with Gasteiger partial charge in [-0.3, -0.25) is 4.79 Å². The van der Waals surface area contributed by atoms with Gasteiger partial charge in [0.15, 0.2) is 0 Å². The lowest BCUT2D eigenvalue weighted by Crippen LogP contribution is -2.37. The highest BCUT2D eigenvalue weighted by Gasteiger charge is 2.31. The van der Waals surface area contributed by atoms with Crippen LogP contribution in [0.5, 0.6) is 11.5 Å². The van der Waals surface area contributed by atoms with Crippen molar-refractivity contribution in [2.24, 2.45) is 0 Å². The second kappa shape index (κ2) is 11.1. The van der Waals surface area contributed by atoms with Gasteiger partial charge in [0, 0.05) is 55.7 Å². The maximum Gasteiger partial charge on any atom is 0.416 e. The van der Waals surface area contributed by atoms with Gasteiger partial charge in [0.25, 0.3) is 0 Å². The molecule has 2 aromatic carbocycles. The Balaban J connectivity index is 1.39. The molecule has 6 nitrogen and oxygen atoms in total. The van der Waals surface area contributed by atoms with Crippen LogP contribution in [-0.2, 0) is 17.5 Å². The summed E-state index contributed by atoms with van der Waals surface area (Å²) in [5.74, 6) is 1.24. The first-order valence-electron chi connectivity index (χ1n) is 11.7. The van der Waals surface area contributed by atoms with E-state index in [1.54, 1.807) is 31.4 Å². The van der Waals surface area contributed by atoms with E-state index in [2.05, 4.69) is 9.55 Å². The smallest absolute Gasteiger partial charge is 0.416 e. The zero-order chi connectivity index (χ0) is 26.6. The number of rotatable bonds is 7. The Hall–Kier alpha value is -3.82. The van der Waals surface area contributed by atoms with E-state index in [9.17, 15) is 22.4 Å². The van der Waals surface area contributed by atoms with Gasteiger partial charge in [-0.15, -0.1) is 0 Å². The first-order valence-corrected chi connectivity index (χ1v) is 11.7. The normalized spacial score (nSPS) is 14.8. The lowest BCUT2D eigenvalue weighted by molar-refractivity contribution is -0.137. The standard InChI is InChI=1S/C27H27F4N3O3/c1-36-22-13-18(14-23(16-22)37-2)17-34-12-9-32-26(34)19-7-10-33(11-8-19)25(35)6-3-20-15-21(27(29,30)31)4-5-24(20)28/h3-6,9,12-16,19H,7-8,10-11,17H2,1-2H3. The van der Waals surface area contributed by atoms with Gasteiger partial charge in [0.1, 0.15) is 23.1 Å². The number of alkyl halides is 3. The molecule has 1 aliphatic heterocycles. The Morgan fingerprint density at radius 1 is 1.08 bits per heavy atom. The van der Waals surface area contributed by atoms with Crippen molar-refractivity contribution in [2.45, 2.75) is 31.5 Å². The van der Waals surface area contributed by atoms with Gasteiger partial charge in [0.05, 0.1) is 19.8 Å². The van der Waals surface area contributed by atoms with E-state index in [1.807, 2.05) is 18.3 Å². The van der Waals surface area contributed by atoms with Gasteiger partial charge in [-0.25, -0.2) is 9.37 Å². The first kappa shape index (κ1) is 26.2. The van der Waals surface area contributed by atoms with Crippen molar-refractivity contribution < 1.29 is 31.8 Å². The molecule has 1 aromatic heterocycles. The van der Waals surface area contributed by atoms with Crippen LogP contribution in [0.2, 0.25) is 0 Å². The van der Waals surface area contributed by atoms with Gasteiger partial charge >= 0.3 is 6.18 Å². The van der Waals surface area contributed by atoms with Crippen LogP contribution >= 0.6 is 0 Å². The van der Waals surface area contributed by atoms with Crippen molar-refractivity contribution in [3.8, 4) is 11.5 Å². The Morgan fingerprint density at radius 2 is 1.76 bits per heavy atom. The summed E-state index contributed by atoms with van der Waals surface area (Å²) < 4.78 is 65.5. The molecule has 37 heavy (non-hydrogen) atoms. The molecule has 0 N–H and O–H groups in total. The molecular formula is C27H27F4N3O3. The van der Waals surface area contributed by atoms with Gasteiger partial charge in [0.2, 0.25) is 5.91 Å². The van der Waals surface area contributed by atoms with E-state index in [-0.39, 0.29) is 17.4 Å². The average molecular weight is 518 g/mol. The topological polar surface area (TPSA) is 56.6 Å². The van der Waals surface area contributed by atoms with Gasteiger partial charge in [-0.2, -0.15) is 13.2 Å². The van der Waals surface area contributed by atoms with Gasteiger partial charge in [-0.05, 0) is 54.8 Å². The number of methoxy groups -OCH3 is 2. The largest absolute Gasteiger partial charge is 0.497 e. The molecule has 0 aliphatic carbocycles. The Bertz CT molecular complexity index is 1260. The van der Waals surface area contributed by atoms with Crippen LogP contribution in [0.15, 0.2) is 54.9 Å². The van der Waals surface area contributed by atoms with Crippen molar-refractivity contribution in [3.05, 3.63) is 83.2 Å². The van der Waals surface area contributed by atoms with E-state index in [1.165, 1.54) is 0 Å². The highest BCUT2D eigenvalue weighted by Crippen LogP contribution is 2.31. The molecule has 0 bridgehead atoms. The van der Waals surface area contributed by atoms with Crippen LogP contribution < -0.4 is 9.47 Å². The van der Waals surface area contributed by atoms with E-state index < -0.39 is 17.6 Å². The maximum atomic E-state index is 14.0. The van der Waals surface area contributed by atoms with E-state index in [4.69, 9.17) is 9.47 Å². The van der Waals surface area contributed by atoms with Crippen molar-refractivity contribution >= 4 is 12.0 Å². The Morgan fingerprint density at radius 3 is 2.38 bits per heavy atom. The summed E-state index contributed by atoms with van der Waals surface area (Å²) in [4.78, 5) is 18.8. The fraction of sp³-hybridized carbons (Fsp3) is 0.333. The predicted octanol–water partition coefficient (Wildman–Crippen LogP) is 5.53. The van der Waals surface area contributed by atoms with Crippen LogP contribution in [-0.4, -0.2) is 47.7 Å². The molecule has 0 saturated carbocycles. The molecule has 0 spiro atoms. The molecule has 1 aliphatic rings. The number of amides is 1. The number of carbonyl (C=O) groups excluding carboxylic acids is 1. The third-order valence-electron chi connectivity index (χ3n) is 6.41. The molecule has 1 amide bonds. The fourth-order valence-electron chi connectivity index (χ4n) is 4.44. The number of piperidine rings is 1. The highest BCUT2D eigenvalue weighted by molar-refractivity contribution is 5.91. The molecular weight excluding hydrogens is 490 g/mol. The molecule has 196 valence electrons. The number of nitrogens with zero attached hydrogens (tertiary/aromatic N) is 3. The van der Waals surface area contributed by atoms with E-state index >= 15 is 0 Å². The SMILES string of the molecule is COc1cc(Cn2ccnc2C2CCN(C(=O)C=Cc3cc(C(F)(F)F)ccc3F)CC2)cc(OC)c1. The summed E-state index contributed by atoms with van der Waals surface area (Å²) in [6.45, 7) is 1.49. The summed E-state index contributed by atoms with van der Waals surface area (Å²) in [5.41, 5.74) is -0.256. The lowest BCUT2D eigenvalue weighted by Gasteiger charge is -2.31. The lowest BCUT2D eigenvalue weighted by atomic mass is 9.95. The molecule has 0 unspecified atom stereocenters. The zero-order valence-corrected chi connectivity index (χ0v) is 20.5. The average Bonchev–Trinajstić information content (AvgIpc) is 3.35. The highest BCUT2D eigenvalue weighted by atomic mass is 19.4. The van der Waals surface area contributed by atoms with E-state index in [0.717, 1.165) is 29.6 Å². The summed E-state index contributed by atoms with van der Waals surface area (Å²) in [5, 5.41) is 0. The van der Waals surface area contributed by atoms with Crippen molar-refractivity contribution in [2.75, 3.05) is 27.3 Å². The minimum absolute atomic E-state index is 0.136. The number of hydrogen-bond donors (Lipinski definition) is 0. The first-order chi connectivity index (χ1) is 17.7. The number of halogens is 4. The minimum atomic E-state index is -4.59. The molecule has 1 fully saturated rings. The van der Waals surface area contributed by atoms with Gasteiger partial charge in [-0.1, -0.05) is 0 Å². The number of ether oxygens (including phenoxy) is 2. The van der Waals surface area contributed by atoms with Gasteiger partial charge < -0.3 is 18.9 Å². The molecule has 0 atom stereocenters. The quantitative estimate of drug-likeness (QED) is 0.306. The Kier molecular flexibility index (Phi) is 7.85. The zero-order valence-electron chi connectivity index (χ0n) is 20.5. The summed E-state index contributed by atoms with van der Waals surface area (Å²) in [6.07, 6.45) is 2.63. The van der Waals surface area contributed by atoms with Crippen LogP contribution in [0, 0.1) is 5.82 Å². The predicted molar refractivity (Wildman–Crippen MR) is 130 cm³/mol. The fourth-order valence-corrected chi connectivity index (χ4v) is 4.44. The van der Waals surface area contributed by atoms with Crippen LogP contribution in [0.3, 0.4) is 0 Å². The summed E-state index contributed by atoms with van der Waals surface area (Å²) in [6, 6.07) is 7.81. The Labute approximate surface area is 212 Å². The third kappa shape index (κ3) is 6.31. The second-order valence-corrected chi connectivity index (χ2v) is 8.80. The maximum absolute atomic E-state index is 14.0. The number of likely N-dealkylation sites (tertiary alicyclic amines) is 1. The van der Waals surface area contributed by atoms with Crippen molar-refractivity contribution in [3.63, 3.8) is 0 Å². The molecule has 0 radical (unpaired) electrons. The number of imidazole rings is 1. The minimum Gasteiger partial charge on any atom is -0.497 e. The third-order valence-corrected chi connectivity index (χ3v) is 6.41. The number of benzene rings is 2. The van der Waals surface area contributed by atoms with Crippen LogP contribution in [0.25, 0.3) is 6.08 Å². The number of carbonyl (C=O) groups is 1. The summed E-state index contributed by atoms with van der Waals surface area (Å²) >= 11 is 0. The van der Waals surface area contributed by atoms with Crippen LogP contribution in [0.4, 0.5) is 17.6 Å². The summed E-state index contributed by atoms with van der Waals surface area (Å²) in [7, 11) is 3.20. The van der Waals surface area contributed by atoms with Crippen LogP contribution in [0.1, 0.15) is 41.3 Å². The van der Waals surface area contributed by atoms with E-state index in [0.29, 0.717) is 56.1 Å². The number of aromatic nitrogens is 2. The molecule has 3 aromatic rings. The molecule has 2 heterocycles. The van der Waals surface area contributed by atoms with Crippen molar-refractivity contribution in [1.29, 1.82) is 0 Å². The second-order valence-electron chi connectivity index (χ2n) is 8.80. The molecule has 4 rings (SSSR count). The monoisotopic (exact) mass is 517 g/mol.